The molecule has 13 heteroatoms. The molecule has 2 aliphatic heterocycles. The van der Waals surface area contributed by atoms with E-state index in [1.54, 1.807) is 16.2 Å². The highest BCUT2D eigenvalue weighted by Gasteiger charge is 2.67. The van der Waals surface area contributed by atoms with Crippen LogP contribution in [0, 0.1) is 29.5 Å². The van der Waals surface area contributed by atoms with Crippen molar-refractivity contribution >= 4 is 33.9 Å². The van der Waals surface area contributed by atoms with Crippen LogP contribution in [0.1, 0.15) is 54.7 Å². The third kappa shape index (κ3) is 4.76. The zero-order chi connectivity index (χ0) is 32.1. The molecule has 2 saturated carbocycles. The Morgan fingerprint density at radius 1 is 1.11 bits per heavy atom. The Hall–Kier alpha value is -4.00. The molecule has 7 atom stereocenters. The van der Waals surface area contributed by atoms with Crippen LogP contribution in [0.15, 0.2) is 30.3 Å². The van der Waals surface area contributed by atoms with E-state index < -0.39 is 41.7 Å². The number of benzene rings is 1. The van der Waals surface area contributed by atoms with Gasteiger partial charge in [-0.15, -0.1) is 0 Å². The van der Waals surface area contributed by atoms with Gasteiger partial charge < -0.3 is 25.1 Å². The maximum Gasteiger partial charge on any atom is 0.256 e. The molecule has 1 aromatic carbocycles. The predicted octanol–water partition coefficient (Wildman–Crippen LogP) is 4.65. The summed E-state index contributed by atoms with van der Waals surface area (Å²) in [6.45, 7) is 2.64. The first-order chi connectivity index (χ1) is 22.0. The van der Waals surface area contributed by atoms with Crippen LogP contribution in [0.2, 0.25) is 0 Å². The van der Waals surface area contributed by atoms with E-state index in [1.165, 1.54) is 12.1 Å². The zero-order valence-corrected chi connectivity index (χ0v) is 25.5. The molecule has 2 bridgehead atoms. The first-order valence-corrected chi connectivity index (χ1v) is 16.0. The van der Waals surface area contributed by atoms with Gasteiger partial charge in [-0.05, 0) is 69.3 Å². The number of piperidine rings is 1. The van der Waals surface area contributed by atoms with Crippen LogP contribution >= 0.6 is 0 Å². The fraction of sp³-hybridized carbons (Fsp3) is 0.515. The van der Waals surface area contributed by atoms with Crippen LogP contribution in [0.25, 0.3) is 33.6 Å². The fourth-order valence-corrected chi connectivity index (χ4v) is 7.56. The molecular formula is C33H35F4N7O2. The maximum atomic E-state index is 15.3. The number of hydrogen-bond acceptors (Lipinski definition) is 5. The van der Waals surface area contributed by atoms with Gasteiger partial charge in [0, 0.05) is 49.3 Å². The van der Waals surface area contributed by atoms with Gasteiger partial charge in [-0.25, -0.2) is 27.5 Å². The van der Waals surface area contributed by atoms with Crippen LogP contribution in [0.4, 0.5) is 17.6 Å². The molecule has 2 amide bonds. The molecule has 8 rings (SSSR count). The van der Waals surface area contributed by atoms with Crippen molar-refractivity contribution in [2.24, 2.45) is 30.7 Å². The van der Waals surface area contributed by atoms with Crippen molar-refractivity contribution in [1.82, 2.24) is 35.1 Å². The van der Waals surface area contributed by atoms with Crippen molar-refractivity contribution in [3.63, 3.8) is 0 Å². The monoisotopic (exact) mass is 637 g/mol. The Morgan fingerprint density at radius 2 is 1.93 bits per heavy atom. The second-order valence-corrected chi connectivity index (χ2v) is 13.5. The average molecular weight is 638 g/mol. The van der Waals surface area contributed by atoms with E-state index in [2.05, 4.69) is 16.0 Å². The SMILES string of the molecule is C[C@H]1NC(=O)[C@@H]2C[C@H]2CC[C@H]2[C@@H](Cn3c(-c4nc5cc(C(=O)N[C@H]6CNCC[C@@H]6F)c(F)cc5n4C)cc4ccc1nc43)C2(F)F. The molecule has 1 saturated heterocycles. The summed E-state index contributed by atoms with van der Waals surface area (Å²) >= 11 is 0. The van der Waals surface area contributed by atoms with Gasteiger partial charge in [-0.2, -0.15) is 0 Å². The molecular weight excluding hydrogens is 602 g/mol. The second-order valence-electron chi connectivity index (χ2n) is 13.5. The number of hydrogen-bond donors (Lipinski definition) is 3. The molecule has 242 valence electrons. The predicted molar refractivity (Wildman–Crippen MR) is 162 cm³/mol. The molecule has 9 nitrogen and oxygen atoms in total. The number of carbonyl (C=O) groups excluding carboxylic acids is 2. The number of alkyl halides is 3. The lowest BCUT2D eigenvalue weighted by atomic mass is 10.0. The quantitative estimate of drug-likeness (QED) is 0.284. The first-order valence-electron chi connectivity index (χ1n) is 16.0. The molecule has 0 radical (unpaired) electrons. The van der Waals surface area contributed by atoms with Crippen molar-refractivity contribution in [3.05, 3.63) is 47.4 Å². The number of nitrogens with zero attached hydrogens (tertiary/aromatic N) is 4. The van der Waals surface area contributed by atoms with E-state index in [0.29, 0.717) is 58.7 Å². The van der Waals surface area contributed by atoms with Crippen LogP contribution in [-0.2, 0) is 18.4 Å². The van der Waals surface area contributed by atoms with E-state index in [0.717, 1.165) is 6.42 Å². The normalized spacial score (nSPS) is 30.4. The van der Waals surface area contributed by atoms with Crippen LogP contribution in [0.5, 0.6) is 0 Å². The minimum absolute atomic E-state index is 0.0207. The summed E-state index contributed by atoms with van der Waals surface area (Å²) in [5.41, 5.74) is 2.14. The molecule has 3 fully saturated rings. The summed E-state index contributed by atoms with van der Waals surface area (Å²) in [6.07, 6.45) is 0.688. The number of carbonyl (C=O) groups is 2. The Kier molecular flexibility index (Phi) is 6.72. The van der Waals surface area contributed by atoms with Gasteiger partial charge in [0.1, 0.15) is 17.6 Å². The third-order valence-corrected chi connectivity index (χ3v) is 10.6. The van der Waals surface area contributed by atoms with Gasteiger partial charge in [0.2, 0.25) is 5.91 Å². The van der Waals surface area contributed by atoms with Gasteiger partial charge in [-0.3, -0.25) is 9.59 Å². The number of pyridine rings is 1. The Bertz CT molecular complexity index is 1900. The Balaban J connectivity index is 1.20. The first kappa shape index (κ1) is 29.4. The highest BCUT2D eigenvalue weighted by molar-refractivity contribution is 5.98. The van der Waals surface area contributed by atoms with Crippen molar-refractivity contribution in [1.29, 1.82) is 0 Å². The number of nitrogens with one attached hydrogen (secondary N) is 3. The number of rotatable bonds is 3. The zero-order valence-electron chi connectivity index (χ0n) is 25.5. The van der Waals surface area contributed by atoms with Gasteiger partial charge in [0.25, 0.3) is 11.8 Å². The van der Waals surface area contributed by atoms with Gasteiger partial charge in [-0.1, -0.05) is 0 Å². The fourth-order valence-electron chi connectivity index (χ4n) is 7.56. The molecule has 3 aromatic heterocycles. The maximum absolute atomic E-state index is 15.3. The number of imidazole rings is 1. The summed E-state index contributed by atoms with van der Waals surface area (Å²) in [6, 6.07) is 6.93. The number of halogens is 4. The summed E-state index contributed by atoms with van der Waals surface area (Å²) < 4.78 is 63.6. The highest BCUT2D eigenvalue weighted by atomic mass is 19.3. The Morgan fingerprint density at radius 3 is 2.74 bits per heavy atom. The van der Waals surface area contributed by atoms with Gasteiger partial charge in [0.15, 0.2) is 5.82 Å². The van der Waals surface area contributed by atoms with Crippen molar-refractivity contribution in [2.75, 3.05) is 13.1 Å². The average Bonchev–Trinajstić information content (AvgIpc) is 3.81. The van der Waals surface area contributed by atoms with E-state index in [-0.39, 0.29) is 48.9 Å². The number of aryl methyl sites for hydroxylation is 1. The van der Waals surface area contributed by atoms with E-state index in [9.17, 15) is 14.0 Å². The third-order valence-electron chi connectivity index (χ3n) is 10.6. The van der Waals surface area contributed by atoms with Crippen molar-refractivity contribution in [3.8, 4) is 11.5 Å². The summed E-state index contributed by atoms with van der Waals surface area (Å²) in [7, 11) is 1.70. The van der Waals surface area contributed by atoms with Crippen LogP contribution in [-0.4, -0.2) is 62.1 Å². The summed E-state index contributed by atoms with van der Waals surface area (Å²) in [5, 5.41) is 9.39. The number of amides is 2. The van der Waals surface area contributed by atoms with Crippen molar-refractivity contribution in [2.45, 2.75) is 63.3 Å². The van der Waals surface area contributed by atoms with Crippen molar-refractivity contribution < 1.29 is 27.2 Å². The number of fused-ring (bicyclic) bond motifs is 4. The standard InChI is InChI=1S/C33H35F4N7O2/c1-15-24-6-4-17-10-28(44(29(17)40-24)14-21-20(33(21,36)37)5-3-16-9-18(16)31(45)39-15)30-41-25-11-19(23(35)12-27(25)43(30)2)32(46)42-26-13-38-8-7-22(26)34/h4,6,10-12,15-16,18,20-22,26,38H,3,5,7-9,13-14H2,1-2H3,(H,39,45)(H,42,46)/t15-,16-,18-,20+,21-,22+,26+/m1/s1. The topological polar surface area (TPSA) is 106 Å². The second kappa shape index (κ2) is 10.5. The highest BCUT2D eigenvalue weighted by Crippen LogP contribution is 2.60. The smallest absolute Gasteiger partial charge is 0.256 e. The lowest BCUT2D eigenvalue weighted by Crippen LogP contribution is -2.52. The van der Waals surface area contributed by atoms with E-state index in [4.69, 9.17) is 9.97 Å². The molecule has 4 aromatic rings. The minimum Gasteiger partial charge on any atom is -0.348 e. The molecule has 5 heterocycles. The molecule has 0 unspecified atom stereocenters. The largest absolute Gasteiger partial charge is 0.348 e. The minimum atomic E-state index is -2.84. The van der Waals surface area contributed by atoms with Crippen LogP contribution in [0.3, 0.4) is 0 Å². The lowest BCUT2D eigenvalue weighted by molar-refractivity contribution is -0.123. The van der Waals surface area contributed by atoms with Gasteiger partial charge >= 0.3 is 0 Å². The molecule has 3 N–H and O–H groups in total. The Labute approximate surface area is 262 Å². The number of aromatic nitrogens is 4. The van der Waals surface area contributed by atoms with Gasteiger partial charge in [0.05, 0.1) is 40.1 Å². The molecule has 0 spiro atoms. The molecule has 4 aliphatic rings. The van der Waals surface area contributed by atoms with E-state index in [1.807, 2.05) is 25.1 Å². The van der Waals surface area contributed by atoms with E-state index >= 15 is 13.2 Å². The summed E-state index contributed by atoms with van der Waals surface area (Å²) in [5.74, 6) is -5.69. The van der Waals surface area contributed by atoms with Crippen LogP contribution < -0.4 is 16.0 Å². The lowest BCUT2D eigenvalue weighted by Gasteiger charge is -2.27. The molecule has 2 aliphatic carbocycles. The summed E-state index contributed by atoms with van der Waals surface area (Å²) in [4.78, 5) is 35.5. The molecule has 46 heavy (non-hydrogen) atoms.